The van der Waals surface area contributed by atoms with Crippen molar-refractivity contribution in [2.45, 2.75) is 26.2 Å². The summed E-state index contributed by atoms with van der Waals surface area (Å²) >= 11 is 0. The Labute approximate surface area is 111 Å². The molecular weight excluding hydrogens is 222 g/mol. The van der Waals surface area contributed by atoms with Gasteiger partial charge in [-0.1, -0.05) is 44.2 Å². The lowest BCUT2D eigenvalue weighted by molar-refractivity contribution is 0.260. The van der Waals surface area contributed by atoms with E-state index in [2.05, 4.69) is 25.5 Å². The third-order valence-electron chi connectivity index (χ3n) is 2.97. The second-order valence-corrected chi connectivity index (χ2v) is 4.60. The first-order valence-electron chi connectivity index (χ1n) is 6.80. The van der Waals surface area contributed by atoms with E-state index in [4.69, 9.17) is 4.74 Å². The summed E-state index contributed by atoms with van der Waals surface area (Å²) < 4.78 is 5.78. The lowest BCUT2D eigenvalue weighted by atomic mass is 10.2. The lowest BCUT2D eigenvalue weighted by Crippen LogP contribution is -2.22. The number of nitrogens with zero attached hydrogens (tertiary/aromatic N) is 1. The third kappa shape index (κ3) is 5.37. The van der Waals surface area contributed by atoms with Gasteiger partial charge in [0, 0.05) is 12.1 Å². The van der Waals surface area contributed by atoms with Crippen molar-refractivity contribution >= 4 is 6.08 Å². The first kappa shape index (κ1) is 14.8. The zero-order chi connectivity index (χ0) is 13.2. The predicted molar refractivity (Wildman–Crippen MR) is 79.1 cm³/mol. The molecule has 0 fully saturated rings. The Balaban J connectivity index is 2.23. The molecule has 0 aliphatic heterocycles. The maximum atomic E-state index is 5.78. The van der Waals surface area contributed by atoms with Crippen molar-refractivity contribution in [1.29, 1.82) is 0 Å². The molecule has 1 aromatic rings. The van der Waals surface area contributed by atoms with Crippen molar-refractivity contribution in [2.24, 2.45) is 0 Å². The number of hydrogen-bond donors (Lipinski definition) is 0. The van der Waals surface area contributed by atoms with Crippen LogP contribution < -0.4 is 4.74 Å². The zero-order valence-electron chi connectivity index (χ0n) is 11.7. The van der Waals surface area contributed by atoms with Gasteiger partial charge in [0.2, 0.25) is 0 Å². The Morgan fingerprint density at radius 3 is 2.67 bits per heavy atom. The van der Waals surface area contributed by atoms with E-state index in [1.165, 1.54) is 19.4 Å². The highest BCUT2D eigenvalue weighted by atomic mass is 16.5. The molecule has 2 heteroatoms. The minimum Gasteiger partial charge on any atom is -0.493 e. The molecule has 0 saturated carbocycles. The fourth-order valence-electron chi connectivity index (χ4n) is 1.84. The van der Waals surface area contributed by atoms with Gasteiger partial charge in [-0.3, -0.25) is 0 Å². The Morgan fingerprint density at radius 1 is 1.22 bits per heavy atom. The number of hydrogen-bond acceptors (Lipinski definition) is 2. The summed E-state index contributed by atoms with van der Waals surface area (Å²) in [5.74, 6) is 0.934. The van der Waals surface area contributed by atoms with Crippen LogP contribution in [0, 0.1) is 0 Å². The van der Waals surface area contributed by atoms with Gasteiger partial charge >= 0.3 is 0 Å². The molecule has 1 rings (SSSR count). The van der Waals surface area contributed by atoms with Gasteiger partial charge in [0.25, 0.3) is 0 Å². The van der Waals surface area contributed by atoms with E-state index in [-0.39, 0.29) is 0 Å². The second-order valence-electron chi connectivity index (χ2n) is 4.60. The normalized spacial score (nSPS) is 10.6. The summed E-state index contributed by atoms with van der Waals surface area (Å²) in [4.78, 5) is 2.37. The Hall–Kier alpha value is -1.28. The first-order chi connectivity index (χ1) is 8.77. The van der Waals surface area contributed by atoms with Gasteiger partial charge in [0.1, 0.15) is 5.75 Å². The Kier molecular flexibility index (Phi) is 7.19. The van der Waals surface area contributed by atoms with Crippen LogP contribution in [0.25, 0.3) is 6.08 Å². The van der Waals surface area contributed by atoms with Crippen LogP contribution in [-0.4, -0.2) is 31.6 Å². The number of ether oxygens (including phenoxy) is 1. The van der Waals surface area contributed by atoms with Crippen LogP contribution in [0.5, 0.6) is 5.75 Å². The molecule has 0 radical (unpaired) electrons. The molecule has 0 unspecified atom stereocenters. The van der Waals surface area contributed by atoms with E-state index in [0.29, 0.717) is 0 Å². The van der Waals surface area contributed by atoms with E-state index in [1.807, 2.05) is 30.3 Å². The fourth-order valence-corrected chi connectivity index (χ4v) is 1.84. The van der Waals surface area contributed by atoms with E-state index < -0.39 is 0 Å². The predicted octanol–water partition coefficient (Wildman–Crippen LogP) is 3.83. The highest BCUT2D eigenvalue weighted by Gasteiger charge is 2.00. The highest BCUT2D eigenvalue weighted by molar-refractivity contribution is 5.55. The van der Waals surface area contributed by atoms with Gasteiger partial charge in [0.05, 0.1) is 6.61 Å². The zero-order valence-corrected chi connectivity index (χ0v) is 11.7. The van der Waals surface area contributed by atoms with Gasteiger partial charge in [-0.25, -0.2) is 0 Å². The van der Waals surface area contributed by atoms with Crippen molar-refractivity contribution in [3.8, 4) is 5.75 Å². The quantitative estimate of drug-likeness (QED) is 0.615. The summed E-state index contributed by atoms with van der Waals surface area (Å²) in [7, 11) is 2.17. The average Bonchev–Trinajstić information content (AvgIpc) is 2.41. The molecule has 0 aliphatic carbocycles. The molecule has 0 bridgehead atoms. The van der Waals surface area contributed by atoms with E-state index >= 15 is 0 Å². The summed E-state index contributed by atoms with van der Waals surface area (Å²) in [6, 6.07) is 8.02. The van der Waals surface area contributed by atoms with Gasteiger partial charge in [-0.05, 0) is 32.5 Å². The molecule has 0 atom stereocenters. The smallest absolute Gasteiger partial charge is 0.126 e. The van der Waals surface area contributed by atoms with Crippen molar-refractivity contribution in [2.75, 3.05) is 26.7 Å². The fraction of sp³-hybridized carbons (Fsp3) is 0.500. The van der Waals surface area contributed by atoms with Crippen LogP contribution in [0.4, 0.5) is 0 Å². The van der Waals surface area contributed by atoms with Gasteiger partial charge in [-0.15, -0.1) is 0 Å². The van der Waals surface area contributed by atoms with Crippen molar-refractivity contribution in [1.82, 2.24) is 4.90 Å². The molecule has 100 valence electrons. The van der Waals surface area contributed by atoms with E-state index in [0.717, 1.165) is 30.9 Å². The monoisotopic (exact) mass is 247 g/mol. The lowest BCUT2D eigenvalue weighted by Gasteiger charge is -2.16. The van der Waals surface area contributed by atoms with Crippen LogP contribution in [-0.2, 0) is 0 Å². The molecule has 0 aliphatic rings. The number of unbranched alkanes of at least 4 members (excludes halogenated alkanes) is 1. The first-order valence-corrected chi connectivity index (χ1v) is 6.80. The largest absolute Gasteiger partial charge is 0.493 e. The molecule has 0 saturated heterocycles. The van der Waals surface area contributed by atoms with Crippen LogP contribution in [0.15, 0.2) is 30.8 Å². The van der Waals surface area contributed by atoms with Crippen molar-refractivity contribution in [3.63, 3.8) is 0 Å². The SMILES string of the molecule is C=Cc1ccccc1OCCCN(C)CCCC. The highest BCUT2D eigenvalue weighted by Crippen LogP contribution is 2.18. The van der Waals surface area contributed by atoms with Crippen LogP contribution in [0.3, 0.4) is 0 Å². The molecule has 0 heterocycles. The topological polar surface area (TPSA) is 12.5 Å². The van der Waals surface area contributed by atoms with Crippen LogP contribution in [0.1, 0.15) is 31.7 Å². The standard InChI is InChI=1S/C16H25NO/c1-4-6-12-17(3)13-9-14-18-16-11-8-7-10-15(16)5-2/h5,7-8,10-11H,2,4,6,9,12-14H2,1,3H3. The minimum atomic E-state index is 0.765. The molecule has 0 amide bonds. The summed E-state index contributed by atoms with van der Waals surface area (Å²) in [5, 5.41) is 0. The van der Waals surface area contributed by atoms with Crippen LogP contribution in [0.2, 0.25) is 0 Å². The maximum absolute atomic E-state index is 5.78. The van der Waals surface area contributed by atoms with Crippen molar-refractivity contribution < 1.29 is 4.74 Å². The minimum absolute atomic E-state index is 0.765. The number of benzene rings is 1. The summed E-state index contributed by atoms with van der Waals surface area (Å²) in [6.07, 6.45) is 5.43. The van der Waals surface area contributed by atoms with Crippen LogP contribution >= 0.6 is 0 Å². The third-order valence-corrected chi connectivity index (χ3v) is 2.97. The van der Waals surface area contributed by atoms with E-state index in [9.17, 15) is 0 Å². The van der Waals surface area contributed by atoms with Gasteiger partial charge in [-0.2, -0.15) is 0 Å². The Bertz CT molecular complexity index is 349. The number of para-hydroxylation sites is 1. The van der Waals surface area contributed by atoms with Gasteiger partial charge < -0.3 is 9.64 Å². The second kappa shape index (κ2) is 8.76. The molecule has 18 heavy (non-hydrogen) atoms. The summed E-state index contributed by atoms with van der Waals surface area (Å²) in [5.41, 5.74) is 1.07. The molecular formula is C16H25NO. The summed E-state index contributed by atoms with van der Waals surface area (Å²) in [6.45, 7) is 9.06. The molecule has 1 aromatic carbocycles. The molecule has 2 nitrogen and oxygen atoms in total. The number of rotatable bonds is 9. The van der Waals surface area contributed by atoms with Crippen molar-refractivity contribution in [3.05, 3.63) is 36.4 Å². The average molecular weight is 247 g/mol. The molecule has 0 spiro atoms. The van der Waals surface area contributed by atoms with E-state index in [1.54, 1.807) is 0 Å². The molecule has 0 aromatic heterocycles. The Morgan fingerprint density at radius 2 is 1.94 bits per heavy atom. The molecule has 0 N–H and O–H groups in total. The maximum Gasteiger partial charge on any atom is 0.126 e. The van der Waals surface area contributed by atoms with Gasteiger partial charge in [0.15, 0.2) is 0 Å².